The van der Waals surface area contributed by atoms with Crippen molar-refractivity contribution < 1.29 is 22.7 Å². The summed E-state index contributed by atoms with van der Waals surface area (Å²) in [6.07, 6.45) is 0.787. The van der Waals surface area contributed by atoms with Crippen LogP contribution in [0.3, 0.4) is 0 Å². The molecule has 180 valence electrons. The molecule has 1 atom stereocenters. The topological polar surface area (TPSA) is 93.1 Å². The lowest BCUT2D eigenvalue weighted by Crippen LogP contribution is -2.31. The van der Waals surface area contributed by atoms with Crippen molar-refractivity contribution in [1.82, 2.24) is 4.31 Å². The number of methoxy groups -OCH3 is 1. The summed E-state index contributed by atoms with van der Waals surface area (Å²) in [5, 5.41) is 0. The minimum absolute atomic E-state index is 0.00897. The van der Waals surface area contributed by atoms with Crippen LogP contribution >= 0.6 is 0 Å². The molecular weight excluding hydrogens is 464 g/mol. The van der Waals surface area contributed by atoms with Crippen LogP contribution in [0.25, 0.3) is 0 Å². The molecule has 1 aliphatic rings. The first-order valence-electron chi connectivity index (χ1n) is 11.3. The van der Waals surface area contributed by atoms with Crippen LogP contribution in [0.5, 0.6) is 0 Å². The Hall–Kier alpha value is -3.78. The van der Waals surface area contributed by atoms with Gasteiger partial charge in [-0.1, -0.05) is 72.8 Å². The summed E-state index contributed by atoms with van der Waals surface area (Å²) in [7, 11) is -2.55. The minimum Gasteiger partial charge on any atom is -0.469 e. The van der Waals surface area contributed by atoms with Gasteiger partial charge in [-0.15, -0.1) is 0 Å². The number of sulfonamides is 1. The van der Waals surface area contributed by atoms with E-state index in [1.807, 2.05) is 60.7 Å². The van der Waals surface area contributed by atoms with Crippen LogP contribution in [0.2, 0.25) is 0 Å². The Bertz CT molecular complexity index is 1300. The molecule has 7 nitrogen and oxygen atoms in total. The van der Waals surface area contributed by atoms with Crippen molar-refractivity contribution in [2.45, 2.75) is 30.2 Å². The van der Waals surface area contributed by atoms with E-state index >= 15 is 0 Å². The van der Waals surface area contributed by atoms with Crippen LogP contribution in [0.4, 0.5) is 0 Å². The number of hydrogen-bond acceptors (Lipinski definition) is 6. The Morgan fingerprint density at radius 2 is 1.49 bits per heavy atom. The number of hydrogen-bond donors (Lipinski definition) is 0. The molecule has 3 aromatic carbocycles. The molecule has 1 aliphatic heterocycles. The number of fused-ring (bicyclic) bond motifs is 1. The second-order valence-electron chi connectivity index (χ2n) is 8.16. The third kappa shape index (κ3) is 5.33. The molecule has 0 N–H and O–H groups in total. The SMILES string of the molecule is COC(=O)CC(CCCN1C(=O)c2ccccc2S1(=O)=O)N=C(c1ccccc1)c1ccccc1. The van der Waals surface area contributed by atoms with E-state index < -0.39 is 27.9 Å². The smallest absolute Gasteiger partial charge is 0.307 e. The van der Waals surface area contributed by atoms with E-state index in [4.69, 9.17) is 9.73 Å². The highest BCUT2D eigenvalue weighted by molar-refractivity contribution is 7.90. The summed E-state index contributed by atoms with van der Waals surface area (Å²) in [5.41, 5.74) is 2.73. The van der Waals surface area contributed by atoms with Gasteiger partial charge in [0.2, 0.25) is 0 Å². The lowest BCUT2D eigenvalue weighted by atomic mass is 10.0. The average Bonchev–Trinajstić information content (AvgIpc) is 3.08. The number of nitrogens with zero attached hydrogens (tertiary/aromatic N) is 2. The van der Waals surface area contributed by atoms with Crippen LogP contribution in [0.15, 0.2) is 94.8 Å². The van der Waals surface area contributed by atoms with Crippen LogP contribution in [-0.2, 0) is 19.6 Å². The quantitative estimate of drug-likeness (QED) is 0.333. The number of esters is 1. The lowest BCUT2D eigenvalue weighted by molar-refractivity contribution is -0.141. The van der Waals surface area contributed by atoms with Crippen molar-refractivity contribution in [2.75, 3.05) is 13.7 Å². The first-order valence-corrected chi connectivity index (χ1v) is 12.8. The van der Waals surface area contributed by atoms with Crippen molar-refractivity contribution in [1.29, 1.82) is 0 Å². The molecule has 3 aromatic rings. The molecule has 8 heteroatoms. The number of benzene rings is 3. The van der Waals surface area contributed by atoms with Gasteiger partial charge in [-0.25, -0.2) is 12.7 Å². The van der Waals surface area contributed by atoms with E-state index in [-0.39, 0.29) is 23.4 Å². The average molecular weight is 491 g/mol. The Kier molecular flexibility index (Phi) is 7.41. The number of carbonyl (C=O) groups is 2. The lowest BCUT2D eigenvalue weighted by Gasteiger charge is -2.18. The normalized spacial score (nSPS) is 14.8. The predicted molar refractivity (Wildman–Crippen MR) is 133 cm³/mol. The number of aliphatic imine (C=N–C) groups is 1. The number of rotatable bonds is 9. The maximum absolute atomic E-state index is 12.8. The summed E-state index contributed by atoms with van der Waals surface area (Å²) in [4.78, 5) is 29.8. The van der Waals surface area contributed by atoms with Gasteiger partial charge in [0.05, 0.1) is 30.8 Å². The Morgan fingerprint density at radius 3 is 2.06 bits per heavy atom. The van der Waals surface area contributed by atoms with Crippen molar-refractivity contribution in [3.8, 4) is 0 Å². The summed E-state index contributed by atoms with van der Waals surface area (Å²) >= 11 is 0. The van der Waals surface area contributed by atoms with Gasteiger partial charge in [-0.2, -0.15) is 0 Å². The van der Waals surface area contributed by atoms with E-state index in [9.17, 15) is 18.0 Å². The first kappa shape index (κ1) is 24.3. The summed E-state index contributed by atoms with van der Waals surface area (Å²) < 4.78 is 31.5. The largest absolute Gasteiger partial charge is 0.469 e. The fourth-order valence-electron chi connectivity index (χ4n) is 4.10. The van der Waals surface area contributed by atoms with Gasteiger partial charge in [0.1, 0.15) is 4.90 Å². The van der Waals surface area contributed by atoms with Crippen LogP contribution < -0.4 is 0 Å². The standard InChI is InChI=1S/C27H26N2O5S/c1-34-25(30)19-22(28-26(20-11-4-2-5-12-20)21-13-6-3-7-14-21)15-10-18-29-27(31)23-16-8-9-17-24(23)35(29,32)33/h2-9,11-14,16-17,22H,10,15,18-19H2,1H3. The van der Waals surface area contributed by atoms with Gasteiger partial charge >= 0.3 is 5.97 Å². The van der Waals surface area contributed by atoms with Crippen molar-refractivity contribution >= 4 is 27.6 Å². The van der Waals surface area contributed by atoms with E-state index in [2.05, 4.69) is 0 Å². The van der Waals surface area contributed by atoms with Gasteiger partial charge in [0.15, 0.2) is 0 Å². The Morgan fingerprint density at radius 1 is 0.914 bits per heavy atom. The van der Waals surface area contributed by atoms with Crippen LogP contribution in [0.1, 0.15) is 40.7 Å². The Labute approximate surface area is 205 Å². The zero-order valence-electron chi connectivity index (χ0n) is 19.3. The molecule has 0 aliphatic carbocycles. The van der Waals surface area contributed by atoms with Gasteiger partial charge < -0.3 is 4.74 Å². The molecule has 1 heterocycles. The fraction of sp³-hybridized carbons (Fsp3) is 0.222. The monoisotopic (exact) mass is 490 g/mol. The summed E-state index contributed by atoms with van der Waals surface area (Å²) in [6.45, 7) is 0.00897. The number of carbonyl (C=O) groups excluding carboxylic acids is 2. The highest BCUT2D eigenvalue weighted by Crippen LogP contribution is 2.30. The zero-order chi connectivity index (χ0) is 24.8. The molecule has 0 bridgehead atoms. The Balaban J connectivity index is 1.57. The van der Waals surface area contributed by atoms with Gasteiger partial charge in [-0.05, 0) is 25.0 Å². The molecule has 1 amide bonds. The van der Waals surface area contributed by atoms with Crippen LogP contribution in [-0.4, -0.2) is 50.0 Å². The number of ether oxygens (including phenoxy) is 1. The molecule has 0 aromatic heterocycles. The van der Waals surface area contributed by atoms with Crippen molar-refractivity contribution in [2.24, 2.45) is 4.99 Å². The maximum Gasteiger partial charge on any atom is 0.307 e. The van der Waals surface area contributed by atoms with Crippen molar-refractivity contribution in [3.63, 3.8) is 0 Å². The van der Waals surface area contributed by atoms with Crippen molar-refractivity contribution in [3.05, 3.63) is 102 Å². The van der Waals surface area contributed by atoms with E-state index in [0.717, 1.165) is 21.1 Å². The summed E-state index contributed by atoms with van der Waals surface area (Å²) in [6, 6.07) is 25.1. The molecule has 0 radical (unpaired) electrons. The molecule has 0 fully saturated rings. The van der Waals surface area contributed by atoms with Crippen LogP contribution in [0, 0.1) is 0 Å². The fourth-order valence-corrected chi connectivity index (χ4v) is 5.71. The summed E-state index contributed by atoms with van der Waals surface area (Å²) in [5.74, 6) is -0.931. The van der Waals surface area contributed by atoms with Gasteiger partial charge in [0.25, 0.3) is 15.9 Å². The molecule has 4 rings (SSSR count). The highest BCUT2D eigenvalue weighted by Gasteiger charge is 2.40. The molecule has 0 spiro atoms. The molecular formula is C27H26N2O5S. The van der Waals surface area contributed by atoms with E-state index in [0.29, 0.717) is 12.8 Å². The third-order valence-corrected chi connectivity index (χ3v) is 7.69. The molecule has 0 saturated carbocycles. The highest BCUT2D eigenvalue weighted by atomic mass is 32.2. The number of amides is 1. The molecule has 35 heavy (non-hydrogen) atoms. The van der Waals surface area contributed by atoms with Gasteiger partial charge in [0, 0.05) is 17.7 Å². The molecule has 1 unspecified atom stereocenters. The maximum atomic E-state index is 12.8. The van der Waals surface area contributed by atoms with E-state index in [1.165, 1.54) is 19.2 Å². The second kappa shape index (κ2) is 10.7. The minimum atomic E-state index is -3.87. The third-order valence-electron chi connectivity index (χ3n) is 5.85. The first-order chi connectivity index (χ1) is 16.9. The van der Waals surface area contributed by atoms with E-state index in [1.54, 1.807) is 12.1 Å². The molecule has 0 saturated heterocycles. The zero-order valence-corrected chi connectivity index (χ0v) is 20.1. The predicted octanol–water partition coefficient (Wildman–Crippen LogP) is 4.08. The van der Waals surface area contributed by atoms with Gasteiger partial charge in [-0.3, -0.25) is 14.6 Å². The second-order valence-corrected chi connectivity index (χ2v) is 10.00.